The average molecular weight is 286 g/mol. The van der Waals surface area contributed by atoms with E-state index in [1.807, 2.05) is 42.5 Å². The highest BCUT2D eigenvalue weighted by atomic mass is 32.2. The van der Waals surface area contributed by atoms with Gasteiger partial charge in [0.15, 0.2) is 5.58 Å². The number of rotatable bonds is 4. The molecule has 0 unspecified atom stereocenters. The Morgan fingerprint density at radius 3 is 2.90 bits per heavy atom. The Morgan fingerprint density at radius 1 is 1.25 bits per heavy atom. The Morgan fingerprint density at radius 2 is 2.10 bits per heavy atom. The summed E-state index contributed by atoms with van der Waals surface area (Å²) in [6, 6.07) is 13.3. The molecule has 0 atom stereocenters. The van der Waals surface area contributed by atoms with Crippen molar-refractivity contribution in [1.82, 2.24) is 4.98 Å². The normalized spacial score (nSPS) is 10.8. The molecule has 3 aromatic rings. The van der Waals surface area contributed by atoms with Gasteiger partial charge in [0.25, 0.3) is 5.22 Å². The summed E-state index contributed by atoms with van der Waals surface area (Å²) in [5.41, 5.74) is 9.23. The zero-order valence-electron chi connectivity index (χ0n) is 11.0. The van der Waals surface area contributed by atoms with Crippen LogP contribution in [0.3, 0.4) is 0 Å². The van der Waals surface area contributed by atoms with Crippen molar-refractivity contribution in [2.75, 3.05) is 12.8 Å². The number of aromatic nitrogens is 1. The first-order valence-corrected chi connectivity index (χ1v) is 7.15. The van der Waals surface area contributed by atoms with Gasteiger partial charge in [-0.1, -0.05) is 23.9 Å². The molecule has 0 fully saturated rings. The first-order valence-electron chi connectivity index (χ1n) is 6.17. The summed E-state index contributed by atoms with van der Waals surface area (Å²) in [7, 11) is 1.65. The van der Waals surface area contributed by atoms with E-state index in [9.17, 15) is 0 Å². The van der Waals surface area contributed by atoms with Gasteiger partial charge in [-0.05, 0) is 30.3 Å². The Labute approximate surface area is 120 Å². The van der Waals surface area contributed by atoms with Gasteiger partial charge in [0.2, 0.25) is 0 Å². The molecule has 2 aromatic carbocycles. The van der Waals surface area contributed by atoms with Crippen molar-refractivity contribution in [1.29, 1.82) is 0 Å². The second kappa shape index (κ2) is 5.46. The van der Waals surface area contributed by atoms with Crippen molar-refractivity contribution in [3.05, 3.63) is 48.0 Å². The number of anilines is 1. The summed E-state index contributed by atoms with van der Waals surface area (Å²) in [5, 5.41) is 0.649. The predicted molar refractivity (Wildman–Crippen MR) is 81.0 cm³/mol. The molecule has 0 radical (unpaired) electrons. The predicted octanol–water partition coefficient (Wildman–Crippen LogP) is 3.71. The molecule has 0 aliphatic heterocycles. The minimum Gasteiger partial charge on any atom is -0.496 e. The Balaban J connectivity index is 1.80. The molecule has 20 heavy (non-hydrogen) atoms. The lowest BCUT2D eigenvalue weighted by molar-refractivity contribution is 0.411. The summed E-state index contributed by atoms with van der Waals surface area (Å²) in [6.07, 6.45) is 0. The van der Waals surface area contributed by atoms with Crippen LogP contribution in [0.2, 0.25) is 0 Å². The number of ether oxygens (including phenoxy) is 1. The SMILES string of the molecule is COc1ccc(N)cc1CSc1nc2ccccc2o1. The van der Waals surface area contributed by atoms with E-state index in [1.54, 1.807) is 7.11 Å². The van der Waals surface area contributed by atoms with Crippen molar-refractivity contribution in [2.45, 2.75) is 11.0 Å². The van der Waals surface area contributed by atoms with E-state index in [1.165, 1.54) is 11.8 Å². The van der Waals surface area contributed by atoms with E-state index in [4.69, 9.17) is 14.9 Å². The Hall–Kier alpha value is -2.14. The third-order valence-electron chi connectivity index (χ3n) is 2.93. The number of hydrogen-bond acceptors (Lipinski definition) is 5. The standard InChI is InChI=1S/C15H14N2O2S/c1-18-13-7-6-11(16)8-10(13)9-20-15-17-12-4-2-3-5-14(12)19-15/h2-8H,9,16H2,1H3. The van der Waals surface area contributed by atoms with Gasteiger partial charge in [-0.2, -0.15) is 0 Å². The molecular weight excluding hydrogens is 272 g/mol. The third kappa shape index (κ3) is 2.58. The number of para-hydroxylation sites is 2. The van der Waals surface area contributed by atoms with Crippen molar-refractivity contribution >= 4 is 28.5 Å². The lowest BCUT2D eigenvalue weighted by atomic mass is 10.2. The molecule has 0 aliphatic carbocycles. The van der Waals surface area contributed by atoms with Crippen molar-refractivity contribution < 1.29 is 9.15 Å². The van der Waals surface area contributed by atoms with Crippen LogP contribution in [-0.4, -0.2) is 12.1 Å². The van der Waals surface area contributed by atoms with E-state index >= 15 is 0 Å². The van der Waals surface area contributed by atoms with Gasteiger partial charge < -0.3 is 14.9 Å². The molecule has 0 amide bonds. The fraction of sp³-hybridized carbons (Fsp3) is 0.133. The van der Waals surface area contributed by atoms with E-state index in [-0.39, 0.29) is 0 Å². The highest BCUT2D eigenvalue weighted by molar-refractivity contribution is 7.98. The third-order valence-corrected chi connectivity index (χ3v) is 3.81. The minimum absolute atomic E-state index is 0.649. The number of nitrogen functional groups attached to an aromatic ring is 1. The lowest BCUT2D eigenvalue weighted by Gasteiger charge is -2.07. The van der Waals surface area contributed by atoms with Crippen LogP contribution in [0.5, 0.6) is 5.75 Å². The van der Waals surface area contributed by atoms with E-state index < -0.39 is 0 Å². The van der Waals surface area contributed by atoms with Gasteiger partial charge >= 0.3 is 0 Å². The number of nitrogens with two attached hydrogens (primary N) is 1. The van der Waals surface area contributed by atoms with E-state index in [2.05, 4.69) is 4.98 Å². The van der Waals surface area contributed by atoms with Gasteiger partial charge in [0, 0.05) is 17.0 Å². The highest BCUT2D eigenvalue weighted by Gasteiger charge is 2.09. The number of hydrogen-bond donors (Lipinski definition) is 1. The van der Waals surface area contributed by atoms with Crippen molar-refractivity contribution in [3.63, 3.8) is 0 Å². The first-order chi connectivity index (χ1) is 9.76. The average Bonchev–Trinajstić information content (AvgIpc) is 2.88. The fourth-order valence-corrected chi connectivity index (χ4v) is 2.78. The summed E-state index contributed by atoms with van der Waals surface area (Å²) < 4.78 is 11.0. The van der Waals surface area contributed by atoms with Crippen LogP contribution < -0.4 is 10.5 Å². The molecule has 0 saturated carbocycles. The van der Waals surface area contributed by atoms with Gasteiger partial charge in [-0.15, -0.1) is 0 Å². The number of thioether (sulfide) groups is 1. The molecule has 0 bridgehead atoms. The van der Waals surface area contributed by atoms with Gasteiger partial charge in [-0.25, -0.2) is 4.98 Å². The molecule has 5 heteroatoms. The zero-order valence-corrected chi connectivity index (χ0v) is 11.8. The molecule has 0 spiro atoms. The van der Waals surface area contributed by atoms with Gasteiger partial charge in [0.1, 0.15) is 11.3 Å². The molecule has 4 nitrogen and oxygen atoms in total. The quantitative estimate of drug-likeness (QED) is 0.585. The van der Waals surface area contributed by atoms with Gasteiger partial charge in [0.05, 0.1) is 7.11 Å². The minimum atomic E-state index is 0.649. The maximum absolute atomic E-state index is 5.81. The smallest absolute Gasteiger partial charge is 0.257 e. The van der Waals surface area contributed by atoms with Crippen LogP contribution in [0.1, 0.15) is 5.56 Å². The topological polar surface area (TPSA) is 61.3 Å². The molecule has 2 N–H and O–H groups in total. The van der Waals surface area contributed by atoms with E-state index in [0.29, 0.717) is 11.0 Å². The number of oxazole rings is 1. The molecule has 0 saturated heterocycles. The van der Waals surface area contributed by atoms with Crippen LogP contribution in [0.25, 0.3) is 11.1 Å². The summed E-state index contributed by atoms with van der Waals surface area (Å²) in [5.74, 6) is 1.52. The molecule has 3 rings (SSSR count). The molecule has 0 aliphatic rings. The number of fused-ring (bicyclic) bond motifs is 1. The Bertz CT molecular complexity index is 707. The van der Waals surface area contributed by atoms with E-state index in [0.717, 1.165) is 28.1 Å². The maximum Gasteiger partial charge on any atom is 0.257 e. The monoisotopic (exact) mass is 286 g/mol. The Kier molecular flexibility index (Phi) is 3.52. The first kappa shape index (κ1) is 12.9. The largest absolute Gasteiger partial charge is 0.496 e. The summed E-state index contributed by atoms with van der Waals surface area (Å²) in [4.78, 5) is 4.43. The van der Waals surface area contributed by atoms with Crippen LogP contribution in [0.15, 0.2) is 52.1 Å². The number of benzene rings is 2. The van der Waals surface area contributed by atoms with Crippen LogP contribution in [0.4, 0.5) is 5.69 Å². The molecule has 1 heterocycles. The maximum atomic E-state index is 5.81. The van der Waals surface area contributed by atoms with Crippen molar-refractivity contribution in [3.8, 4) is 5.75 Å². The van der Waals surface area contributed by atoms with Crippen LogP contribution >= 0.6 is 11.8 Å². The second-order valence-electron chi connectivity index (χ2n) is 4.31. The fourth-order valence-electron chi connectivity index (χ4n) is 1.96. The zero-order chi connectivity index (χ0) is 13.9. The van der Waals surface area contributed by atoms with Crippen LogP contribution in [0, 0.1) is 0 Å². The summed E-state index contributed by atoms with van der Waals surface area (Å²) >= 11 is 1.52. The molecule has 1 aromatic heterocycles. The highest BCUT2D eigenvalue weighted by Crippen LogP contribution is 2.30. The lowest BCUT2D eigenvalue weighted by Crippen LogP contribution is -1.93. The van der Waals surface area contributed by atoms with Crippen molar-refractivity contribution in [2.24, 2.45) is 0 Å². The number of methoxy groups -OCH3 is 1. The van der Waals surface area contributed by atoms with Gasteiger partial charge in [-0.3, -0.25) is 0 Å². The summed E-state index contributed by atoms with van der Waals surface area (Å²) in [6.45, 7) is 0. The molecular formula is C15H14N2O2S. The molecule has 102 valence electrons. The van der Waals surface area contributed by atoms with Crippen LogP contribution in [-0.2, 0) is 5.75 Å². The number of nitrogens with zero attached hydrogens (tertiary/aromatic N) is 1. The second-order valence-corrected chi connectivity index (χ2v) is 5.23.